The van der Waals surface area contributed by atoms with Gasteiger partial charge in [0.2, 0.25) is 0 Å². The van der Waals surface area contributed by atoms with Crippen molar-refractivity contribution in [1.82, 2.24) is 19.3 Å². The van der Waals surface area contributed by atoms with Crippen LogP contribution < -0.4 is 4.74 Å². The van der Waals surface area contributed by atoms with Gasteiger partial charge in [-0.2, -0.15) is 17.2 Å². The molecular formula is C46H48N4OPt. The van der Waals surface area contributed by atoms with Gasteiger partial charge in [0, 0.05) is 34.5 Å². The molecule has 52 heavy (non-hydrogen) atoms. The van der Waals surface area contributed by atoms with Gasteiger partial charge in [-0.25, -0.2) is 4.98 Å². The molecule has 0 aliphatic heterocycles. The SMILES string of the molecule is CCCCc1ccnc(-n2c3[c-]c(Oc4[c-]c(-n5nc(C)c(-c6ccccc6)c5C)ccc4)ccc3c3cc(C(C)C(C)C(C)(C)C)ccc32)c1.[Pt+2]. The molecule has 0 radical (unpaired) electrons. The topological polar surface area (TPSA) is 44.9 Å². The van der Waals surface area contributed by atoms with Crippen molar-refractivity contribution in [3.05, 3.63) is 132 Å². The van der Waals surface area contributed by atoms with Crippen LogP contribution in [-0.4, -0.2) is 19.3 Å². The van der Waals surface area contributed by atoms with Gasteiger partial charge in [-0.1, -0.05) is 95.9 Å². The fraction of sp³-hybridized carbons (Fsp3) is 0.304. The van der Waals surface area contributed by atoms with Crippen molar-refractivity contribution in [3.63, 3.8) is 0 Å². The Morgan fingerprint density at radius 2 is 1.60 bits per heavy atom. The van der Waals surface area contributed by atoms with Crippen molar-refractivity contribution in [3.8, 4) is 34.1 Å². The zero-order valence-corrected chi connectivity index (χ0v) is 33.8. The molecule has 4 aromatic carbocycles. The first-order valence-corrected chi connectivity index (χ1v) is 18.3. The number of aromatic nitrogens is 4. The first-order chi connectivity index (χ1) is 24.5. The van der Waals surface area contributed by atoms with Crippen LogP contribution in [0.15, 0.2) is 97.2 Å². The predicted octanol–water partition coefficient (Wildman–Crippen LogP) is 12.2. The summed E-state index contributed by atoms with van der Waals surface area (Å²) in [5.41, 5.74) is 10.1. The molecule has 0 fully saturated rings. The number of pyridine rings is 1. The van der Waals surface area contributed by atoms with Crippen LogP contribution in [0.25, 0.3) is 44.4 Å². The maximum Gasteiger partial charge on any atom is 2.00 e. The Hall–Kier alpha value is -4.47. The van der Waals surface area contributed by atoms with E-state index in [1.165, 1.54) is 16.5 Å². The molecule has 3 heterocycles. The molecule has 0 amide bonds. The fourth-order valence-corrected chi connectivity index (χ4v) is 7.32. The molecule has 268 valence electrons. The predicted molar refractivity (Wildman–Crippen MR) is 210 cm³/mol. The van der Waals surface area contributed by atoms with E-state index in [0.29, 0.717) is 23.3 Å². The number of hydrogen-bond acceptors (Lipinski definition) is 3. The Morgan fingerprint density at radius 1 is 0.827 bits per heavy atom. The van der Waals surface area contributed by atoms with Gasteiger partial charge in [0.1, 0.15) is 5.82 Å². The van der Waals surface area contributed by atoms with E-state index in [9.17, 15) is 0 Å². The Balaban J connectivity index is 0.00000464. The third kappa shape index (κ3) is 7.26. The number of ether oxygens (including phenoxy) is 1. The number of rotatable bonds is 10. The molecule has 2 unspecified atom stereocenters. The van der Waals surface area contributed by atoms with E-state index in [-0.39, 0.29) is 26.5 Å². The van der Waals surface area contributed by atoms with Crippen molar-refractivity contribution in [2.75, 3.05) is 0 Å². The number of hydrogen-bond donors (Lipinski definition) is 0. The van der Waals surface area contributed by atoms with Crippen LogP contribution in [0.1, 0.15) is 82.8 Å². The van der Waals surface area contributed by atoms with E-state index in [1.54, 1.807) is 0 Å². The van der Waals surface area contributed by atoms with Crippen molar-refractivity contribution >= 4 is 21.8 Å². The van der Waals surface area contributed by atoms with Crippen molar-refractivity contribution in [2.45, 2.75) is 80.6 Å². The maximum atomic E-state index is 6.52. The molecule has 3 aromatic heterocycles. The minimum absolute atomic E-state index is 0. The van der Waals surface area contributed by atoms with Crippen LogP contribution in [0.3, 0.4) is 0 Å². The number of fused-ring (bicyclic) bond motifs is 3. The number of nitrogens with zero attached hydrogens (tertiary/aromatic N) is 4. The van der Waals surface area contributed by atoms with Gasteiger partial charge in [0.25, 0.3) is 0 Å². The third-order valence-electron chi connectivity index (χ3n) is 10.7. The third-order valence-corrected chi connectivity index (χ3v) is 10.7. The van der Waals surface area contributed by atoms with Crippen LogP contribution in [0.4, 0.5) is 0 Å². The zero-order chi connectivity index (χ0) is 35.9. The van der Waals surface area contributed by atoms with Gasteiger partial charge >= 0.3 is 21.1 Å². The Kier molecular flexibility index (Phi) is 10.9. The molecule has 0 aliphatic rings. The Morgan fingerprint density at radius 3 is 2.35 bits per heavy atom. The van der Waals surface area contributed by atoms with E-state index in [0.717, 1.165) is 69.7 Å². The summed E-state index contributed by atoms with van der Waals surface area (Å²) in [7, 11) is 0. The molecule has 0 N–H and O–H groups in total. The second-order valence-corrected chi connectivity index (χ2v) is 15.1. The zero-order valence-electron chi connectivity index (χ0n) is 31.5. The van der Waals surface area contributed by atoms with Gasteiger partial charge in [0.15, 0.2) is 0 Å². The van der Waals surface area contributed by atoms with Gasteiger partial charge in [-0.15, -0.1) is 35.7 Å². The molecule has 0 bridgehead atoms. The molecule has 0 saturated carbocycles. The summed E-state index contributed by atoms with van der Waals surface area (Å²) in [6.45, 7) is 18.1. The second kappa shape index (κ2) is 15.2. The minimum Gasteiger partial charge on any atom is -0.509 e. The number of benzene rings is 4. The minimum atomic E-state index is 0. The van der Waals surface area contributed by atoms with Crippen molar-refractivity contribution in [1.29, 1.82) is 0 Å². The number of aryl methyl sites for hydroxylation is 2. The fourth-order valence-electron chi connectivity index (χ4n) is 7.32. The quantitative estimate of drug-likeness (QED) is 0.129. The molecule has 0 spiro atoms. The monoisotopic (exact) mass is 867 g/mol. The molecule has 7 rings (SSSR count). The van der Waals surface area contributed by atoms with Crippen LogP contribution >= 0.6 is 0 Å². The average molecular weight is 868 g/mol. The van der Waals surface area contributed by atoms with Gasteiger partial charge < -0.3 is 9.30 Å². The molecule has 7 aromatic rings. The van der Waals surface area contributed by atoms with Crippen molar-refractivity contribution in [2.24, 2.45) is 11.3 Å². The first kappa shape index (κ1) is 37.3. The first-order valence-electron chi connectivity index (χ1n) is 18.3. The normalized spacial score (nSPS) is 12.9. The second-order valence-electron chi connectivity index (χ2n) is 15.1. The van der Waals surface area contributed by atoms with Crippen molar-refractivity contribution < 1.29 is 25.8 Å². The van der Waals surface area contributed by atoms with Crippen LogP contribution in [0, 0.1) is 37.3 Å². The largest absolute Gasteiger partial charge is 2.00 e. The molecule has 6 heteroatoms. The Labute approximate surface area is 323 Å². The van der Waals surface area contributed by atoms with E-state index >= 15 is 0 Å². The van der Waals surface area contributed by atoms with E-state index < -0.39 is 0 Å². The smallest absolute Gasteiger partial charge is 0.509 e. The summed E-state index contributed by atoms with van der Waals surface area (Å²) in [4.78, 5) is 4.89. The summed E-state index contributed by atoms with van der Waals surface area (Å²) in [5.74, 6) is 3.04. The van der Waals surface area contributed by atoms with E-state index in [4.69, 9.17) is 14.8 Å². The van der Waals surface area contributed by atoms with Crippen LogP contribution in [0.2, 0.25) is 0 Å². The standard InChI is InChI=1S/C46H48N4O.Pt/c1-9-10-15-34-24-25-47-44(26-34)49-42-23-20-36(30(2)31(3)46(6,7)8)27-41(42)40-22-21-39(29-43(40)49)51-38-19-14-18-37(28-38)50-33(5)45(32(4)48-50)35-16-12-11-13-17-35;/h11-14,16-27,30-31H,9-10,15H2,1-8H3;/q-2;+2. The molecule has 0 saturated heterocycles. The molecular weight excluding hydrogens is 820 g/mol. The maximum absolute atomic E-state index is 6.52. The number of unbranched alkanes of at least 4 members (excludes halogenated alkanes) is 1. The molecule has 0 aliphatic carbocycles. The summed E-state index contributed by atoms with van der Waals surface area (Å²) < 4.78 is 10.7. The van der Waals surface area contributed by atoms with Gasteiger partial charge in [0.05, 0.1) is 5.69 Å². The van der Waals surface area contributed by atoms with Gasteiger partial charge in [-0.3, -0.25) is 4.68 Å². The van der Waals surface area contributed by atoms with E-state index in [2.05, 4.69) is 133 Å². The summed E-state index contributed by atoms with van der Waals surface area (Å²) in [5, 5.41) is 7.23. The Bertz CT molecular complexity index is 2330. The summed E-state index contributed by atoms with van der Waals surface area (Å²) >= 11 is 0. The van der Waals surface area contributed by atoms with E-state index in [1.807, 2.05) is 41.2 Å². The molecule has 2 atom stereocenters. The van der Waals surface area contributed by atoms with Gasteiger partial charge in [-0.05, 0) is 89.9 Å². The summed E-state index contributed by atoms with van der Waals surface area (Å²) in [6.07, 6.45) is 5.26. The summed E-state index contributed by atoms with van der Waals surface area (Å²) in [6, 6.07) is 39.0. The average Bonchev–Trinajstić information content (AvgIpc) is 3.62. The van der Waals surface area contributed by atoms with Crippen LogP contribution in [0.5, 0.6) is 11.5 Å². The molecule has 5 nitrogen and oxygen atoms in total. The van der Waals surface area contributed by atoms with Crippen LogP contribution in [-0.2, 0) is 27.5 Å².